The third-order valence-corrected chi connectivity index (χ3v) is 5.52. The van der Waals surface area contributed by atoms with Gasteiger partial charge in [-0.15, -0.1) is 0 Å². The van der Waals surface area contributed by atoms with Gasteiger partial charge in [-0.2, -0.15) is 0 Å². The van der Waals surface area contributed by atoms with Crippen LogP contribution in [-0.4, -0.2) is 36.9 Å². The van der Waals surface area contributed by atoms with Crippen molar-refractivity contribution < 1.29 is 28.2 Å². The van der Waals surface area contributed by atoms with Gasteiger partial charge in [0.25, 0.3) is 5.91 Å². The smallest absolute Gasteiger partial charge is 0.322 e. The number of imide groups is 1. The third kappa shape index (κ3) is 3.56. The number of hydrogen-bond acceptors (Lipinski definition) is 5. The van der Waals surface area contributed by atoms with Crippen LogP contribution in [-0.2, 0) is 20.9 Å². The topological polar surface area (TPSA) is 72.9 Å². The number of fused-ring (bicyclic) bond motifs is 1. The molecule has 9 heteroatoms. The van der Waals surface area contributed by atoms with Gasteiger partial charge in [-0.25, -0.2) is 4.39 Å². The second-order valence-electron chi connectivity index (χ2n) is 6.00. The summed E-state index contributed by atoms with van der Waals surface area (Å²) in [5.41, 5.74) is 0.468. The van der Waals surface area contributed by atoms with E-state index in [0.29, 0.717) is 14.7 Å². The fraction of sp³-hybridized carbons (Fsp3) is 0.211. The van der Waals surface area contributed by atoms with Crippen LogP contribution in [0.1, 0.15) is 27.4 Å². The second kappa shape index (κ2) is 8.00. The Morgan fingerprint density at radius 2 is 1.89 bits per heavy atom. The van der Waals surface area contributed by atoms with Crippen LogP contribution < -0.4 is 4.74 Å². The SMILES string of the molecule is COC(=O)C1C(=O)N(Cc2ccc(Br)cc2F)C(=O)c2cc(OC)c(Br)cc21. The van der Waals surface area contributed by atoms with Crippen molar-refractivity contribution in [3.8, 4) is 5.75 Å². The van der Waals surface area contributed by atoms with Gasteiger partial charge in [0, 0.05) is 15.6 Å². The Morgan fingerprint density at radius 1 is 1.18 bits per heavy atom. The van der Waals surface area contributed by atoms with E-state index in [1.165, 1.54) is 31.4 Å². The van der Waals surface area contributed by atoms with Crippen LogP contribution in [0, 0.1) is 5.82 Å². The highest BCUT2D eigenvalue weighted by molar-refractivity contribution is 9.10. The Kier molecular flexibility index (Phi) is 5.85. The van der Waals surface area contributed by atoms with E-state index in [1.807, 2.05) is 0 Å². The molecule has 0 aromatic heterocycles. The standard InChI is InChI=1S/C19H14Br2FNO5/c1-27-15-7-12-11(6-13(15)21)16(19(26)28-2)18(25)23(17(12)24)8-9-3-4-10(20)5-14(9)22/h3-7,16H,8H2,1-2H3. The number of ether oxygens (including phenoxy) is 2. The summed E-state index contributed by atoms with van der Waals surface area (Å²) in [4.78, 5) is 39.1. The molecule has 0 bridgehead atoms. The first-order valence-electron chi connectivity index (χ1n) is 8.03. The van der Waals surface area contributed by atoms with Gasteiger partial charge in [0.15, 0.2) is 5.92 Å². The molecule has 3 rings (SSSR count). The fourth-order valence-corrected chi connectivity index (χ4v) is 3.86. The Bertz CT molecular complexity index is 995. The molecule has 2 aromatic rings. The van der Waals surface area contributed by atoms with Gasteiger partial charge < -0.3 is 9.47 Å². The molecule has 1 atom stereocenters. The van der Waals surface area contributed by atoms with E-state index < -0.39 is 29.5 Å². The molecule has 0 saturated carbocycles. The monoisotopic (exact) mass is 513 g/mol. The molecular formula is C19H14Br2FNO5. The zero-order valence-electron chi connectivity index (χ0n) is 14.8. The maximum Gasteiger partial charge on any atom is 0.322 e. The van der Waals surface area contributed by atoms with Gasteiger partial charge in [0.1, 0.15) is 11.6 Å². The number of methoxy groups -OCH3 is 2. The molecule has 0 N–H and O–H groups in total. The molecule has 0 aliphatic carbocycles. The lowest BCUT2D eigenvalue weighted by molar-refractivity contribution is -0.149. The van der Waals surface area contributed by atoms with Crippen molar-refractivity contribution in [3.05, 3.63) is 61.8 Å². The number of amides is 2. The number of carbonyl (C=O) groups excluding carboxylic acids is 3. The molecule has 6 nitrogen and oxygen atoms in total. The van der Waals surface area contributed by atoms with Crippen LogP contribution in [0.15, 0.2) is 39.3 Å². The van der Waals surface area contributed by atoms with Crippen LogP contribution in [0.4, 0.5) is 4.39 Å². The summed E-state index contributed by atoms with van der Waals surface area (Å²) >= 11 is 6.45. The van der Waals surface area contributed by atoms with Gasteiger partial charge in [-0.1, -0.05) is 22.0 Å². The number of esters is 1. The van der Waals surface area contributed by atoms with Crippen LogP contribution in [0.2, 0.25) is 0 Å². The summed E-state index contributed by atoms with van der Waals surface area (Å²) < 4.78 is 25.2. The molecular weight excluding hydrogens is 501 g/mol. The van der Waals surface area contributed by atoms with Crippen LogP contribution in [0.25, 0.3) is 0 Å². The molecule has 0 spiro atoms. The highest BCUT2D eigenvalue weighted by Crippen LogP contribution is 2.38. The predicted octanol–water partition coefficient (Wildman–Crippen LogP) is 3.80. The van der Waals surface area contributed by atoms with Crippen LogP contribution >= 0.6 is 31.9 Å². The molecule has 0 saturated heterocycles. The number of benzene rings is 2. The maximum atomic E-state index is 14.3. The molecule has 0 radical (unpaired) electrons. The zero-order chi connectivity index (χ0) is 20.6. The molecule has 1 aliphatic rings. The molecule has 2 amide bonds. The zero-order valence-corrected chi connectivity index (χ0v) is 18.0. The van der Waals surface area contributed by atoms with E-state index in [4.69, 9.17) is 9.47 Å². The Labute approximate surface area is 176 Å². The first-order chi connectivity index (χ1) is 13.3. The minimum Gasteiger partial charge on any atom is -0.496 e. The third-order valence-electron chi connectivity index (χ3n) is 4.40. The first-order valence-corrected chi connectivity index (χ1v) is 9.62. The molecule has 1 unspecified atom stereocenters. The van der Waals surface area contributed by atoms with E-state index >= 15 is 0 Å². The lowest BCUT2D eigenvalue weighted by Crippen LogP contribution is -2.47. The van der Waals surface area contributed by atoms with Crippen molar-refractivity contribution >= 4 is 49.6 Å². The Hall–Kier alpha value is -2.26. The normalized spacial score (nSPS) is 16.0. The molecule has 146 valence electrons. The number of carbonyl (C=O) groups is 3. The van der Waals surface area contributed by atoms with Gasteiger partial charge >= 0.3 is 5.97 Å². The average Bonchev–Trinajstić information content (AvgIpc) is 2.66. The largest absolute Gasteiger partial charge is 0.496 e. The summed E-state index contributed by atoms with van der Waals surface area (Å²) in [6, 6.07) is 7.23. The number of nitrogens with zero attached hydrogens (tertiary/aromatic N) is 1. The van der Waals surface area contributed by atoms with Gasteiger partial charge in [0.05, 0.1) is 25.2 Å². The van der Waals surface area contributed by atoms with Gasteiger partial charge in [0.2, 0.25) is 5.91 Å². The van der Waals surface area contributed by atoms with Gasteiger partial charge in [-0.05, 0) is 45.8 Å². The van der Waals surface area contributed by atoms with E-state index in [1.54, 1.807) is 6.07 Å². The predicted molar refractivity (Wildman–Crippen MR) is 104 cm³/mol. The summed E-state index contributed by atoms with van der Waals surface area (Å²) in [6.45, 7) is -0.317. The molecule has 0 fully saturated rings. The molecule has 28 heavy (non-hydrogen) atoms. The average molecular weight is 515 g/mol. The summed E-state index contributed by atoms with van der Waals surface area (Å²) in [5, 5.41) is 0. The van der Waals surface area contributed by atoms with Crippen molar-refractivity contribution in [2.75, 3.05) is 14.2 Å². The molecule has 1 heterocycles. The first kappa shape index (κ1) is 20.5. The van der Waals surface area contributed by atoms with Crippen LogP contribution in [0.3, 0.4) is 0 Å². The number of halogens is 3. The number of rotatable bonds is 4. The summed E-state index contributed by atoms with van der Waals surface area (Å²) in [5.74, 6) is -3.78. The lowest BCUT2D eigenvalue weighted by atomic mass is 9.88. The van der Waals surface area contributed by atoms with Crippen molar-refractivity contribution in [3.63, 3.8) is 0 Å². The van der Waals surface area contributed by atoms with Crippen molar-refractivity contribution in [2.45, 2.75) is 12.5 Å². The Morgan fingerprint density at radius 3 is 2.50 bits per heavy atom. The minimum atomic E-state index is -1.33. The second-order valence-corrected chi connectivity index (χ2v) is 7.77. The highest BCUT2D eigenvalue weighted by Gasteiger charge is 2.44. The van der Waals surface area contributed by atoms with Crippen molar-refractivity contribution in [1.82, 2.24) is 4.90 Å². The summed E-state index contributed by atoms with van der Waals surface area (Å²) in [6.07, 6.45) is 0. The Balaban J connectivity index is 2.11. The van der Waals surface area contributed by atoms with E-state index in [9.17, 15) is 18.8 Å². The van der Waals surface area contributed by atoms with Crippen molar-refractivity contribution in [1.29, 1.82) is 0 Å². The summed E-state index contributed by atoms with van der Waals surface area (Å²) in [7, 11) is 2.58. The molecule has 1 aliphatic heterocycles. The molecule has 2 aromatic carbocycles. The van der Waals surface area contributed by atoms with E-state index in [2.05, 4.69) is 31.9 Å². The van der Waals surface area contributed by atoms with Crippen molar-refractivity contribution in [2.24, 2.45) is 0 Å². The van der Waals surface area contributed by atoms with Crippen LogP contribution in [0.5, 0.6) is 5.75 Å². The number of hydrogen-bond donors (Lipinski definition) is 0. The lowest BCUT2D eigenvalue weighted by Gasteiger charge is -2.31. The quantitative estimate of drug-likeness (QED) is 0.352. The van der Waals surface area contributed by atoms with E-state index in [-0.39, 0.29) is 23.2 Å². The maximum absolute atomic E-state index is 14.3. The van der Waals surface area contributed by atoms with E-state index in [0.717, 1.165) is 12.0 Å². The minimum absolute atomic E-state index is 0.118. The fourth-order valence-electron chi connectivity index (χ4n) is 3.00. The highest BCUT2D eigenvalue weighted by atomic mass is 79.9. The van der Waals surface area contributed by atoms with Gasteiger partial charge in [-0.3, -0.25) is 19.3 Å².